The second-order valence-electron chi connectivity index (χ2n) is 9.74. The molecular weight excluding hydrogens is 432 g/mol. The van der Waals surface area contributed by atoms with Crippen molar-refractivity contribution in [3.8, 4) is 0 Å². The minimum Gasteiger partial charge on any atom is -0.575 e. The number of rotatable bonds is 5. The number of hydrogen-bond acceptors (Lipinski definition) is 5. The molecule has 1 unspecified atom stereocenters. The number of cyclic esters (lactones) is 1. The van der Waals surface area contributed by atoms with Crippen LogP contribution >= 0.6 is 0 Å². The average Bonchev–Trinajstić information content (AvgIpc) is 3.46. The zero-order chi connectivity index (χ0) is 23.9. The predicted molar refractivity (Wildman–Crippen MR) is 124 cm³/mol. The number of amides is 2. The second kappa shape index (κ2) is 8.38. The zero-order valence-electron chi connectivity index (χ0n) is 19.5. The summed E-state index contributed by atoms with van der Waals surface area (Å²) in [6, 6.07) is 18.4. The van der Waals surface area contributed by atoms with Gasteiger partial charge in [-0.15, -0.1) is 0 Å². The van der Waals surface area contributed by atoms with Crippen LogP contribution in [0.25, 0.3) is 0 Å². The molecule has 0 saturated heterocycles. The van der Waals surface area contributed by atoms with E-state index in [9.17, 15) is 14.7 Å². The van der Waals surface area contributed by atoms with E-state index >= 15 is 0 Å². The van der Waals surface area contributed by atoms with E-state index in [4.69, 9.17) is 9.47 Å². The lowest BCUT2D eigenvalue weighted by atomic mass is 9.96. The van der Waals surface area contributed by atoms with E-state index in [0.717, 1.165) is 31.2 Å². The molecule has 0 spiro atoms. The van der Waals surface area contributed by atoms with Gasteiger partial charge >= 0.3 is 12.0 Å². The lowest BCUT2D eigenvalue weighted by molar-refractivity contribution is -0.395. The Kier molecular flexibility index (Phi) is 5.50. The third-order valence-corrected chi connectivity index (χ3v) is 7.17. The molecule has 1 N–H and O–H groups in total. The van der Waals surface area contributed by atoms with Crippen LogP contribution in [0.5, 0.6) is 0 Å². The first kappa shape index (κ1) is 22.3. The number of ether oxygens (including phenoxy) is 2. The zero-order valence-corrected chi connectivity index (χ0v) is 19.5. The number of carbonyl (C=O) groups excluding carboxylic acids is 2. The maximum Gasteiger partial charge on any atom is 0.339 e. The summed E-state index contributed by atoms with van der Waals surface area (Å²) in [6.07, 6.45) is 3.65. The number of hydrogen-bond donors (Lipinski definition) is 1. The molecule has 2 aromatic rings. The Labute approximate surface area is 199 Å². The summed E-state index contributed by atoms with van der Waals surface area (Å²) in [5, 5.41) is 16.2. The standard InChI is InChI=1S/C27H30N2O5/c1-26(2)33-23(30)22(24(31)34-26)27(20-15-9-10-16-21(20)27)29(17-18-11-5-3-6-12-18)25(32)28-19-13-7-4-8-14-19/h3-8,11-14,20-21,30H,9-10,15-17H2,1-2H3,(H,28,32)/p-1/t20-,21+,27?. The van der Waals surface area contributed by atoms with E-state index in [2.05, 4.69) is 5.32 Å². The highest BCUT2D eigenvalue weighted by atomic mass is 16.8. The smallest absolute Gasteiger partial charge is 0.339 e. The number of fused-ring (bicyclic) bond motifs is 1. The van der Waals surface area contributed by atoms with Gasteiger partial charge in [0.1, 0.15) is 0 Å². The van der Waals surface area contributed by atoms with Crippen LogP contribution in [-0.4, -0.2) is 28.2 Å². The largest absolute Gasteiger partial charge is 0.575 e. The van der Waals surface area contributed by atoms with Crippen molar-refractivity contribution in [3.05, 3.63) is 77.7 Å². The Balaban J connectivity index is 1.61. The van der Waals surface area contributed by atoms with Gasteiger partial charge < -0.3 is 24.8 Å². The highest BCUT2D eigenvalue weighted by Crippen LogP contribution is 2.66. The van der Waals surface area contributed by atoms with E-state index < -0.39 is 23.2 Å². The fourth-order valence-corrected chi connectivity index (χ4v) is 5.83. The van der Waals surface area contributed by atoms with Crippen LogP contribution in [0.15, 0.2) is 72.2 Å². The first-order chi connectivity index (χ1) is 16.3. The molecule has 3 aliphatic rings. The van der Waals surface area contributed by atoms with Gasteiger partial charge in [-0.25, -0.2) is 9.59 Å². The molecule has 2 aromatic carbocycles. The van der Waals surface area contributed by atoms with Gasteiger partial charge in [0.25, 0.3) is 0 Å². The molecule has 2 fully saturated rings. The van der Waals surface area contributed by atoms with E-state index in [1.165, 1.54) is 13.8 Å². The van der Waals surface area contributed by atoms with Gasteiger partial charge in [0.05, 0.1) is 17.1 Å². The van der Waals surface area contributed by atoms with Crippen molar-refractivity contribution >= 4 is 17.7 Å². The van der Waals surface area contributed by atoms with Crippen LogP contribution < -0.4 is 10.4 Å². The molecule has 0 bridgehead atoms. The third-order valence-electron chi connectivity index (χ3n) is 7.17. The first-order valence-corrected chi connectivity index (χ1v) is 11.8. The van der Waals surface area contributed by atoms with E-state index in [1.807, 2.05) is 60.7 Å². The highest BCUT2D eigenvalue weighted by Gasteiger charge is 2.73. The van der Waals surface area contributed by atoms with Crippen molar-refractivity contribution in [2.75, 3.05) is 5.32 Å². The molecule has 1 heterocycles. The van der Waals surface area contributed by atoms with Gasteiger partial charge in [0.2, 0.25) is 0 Å². The van der Waals surface area contributed by atoms with Crippen molar-refractivity contribution in [2.24, 2.45) is 11.8 Å². The SMILES string of the molecule is CC1(C)OC(=O)C(C2(N(Cc3ccccc3)C(=O)Nc3ccccc3)[C@@H]3CCCC[C@@H]32)=C([O-])O1. The minimum absolute atomic E-state index is 0.00259. The van der Waals surface area contributed by atoms with E-state index in [-0.39, 0.29) is 30.0 Å². The molecule has 2 amide bonds. The Morgan fingerprint density at radius 2 is 1.59 bits per heavy atom. The molecular formula is C27H29N2O5-. The average molecular weight is 462 g/mol. The molecule has 178 valence electrons. The van der Waals surface area contributed by atoms with Crippen LogP contribution in [0, 0.1) is 11.8 Å². The summed E-state index contributed by atoms with van der Waals surface area (Å²) in [5.41, 5.74) is 0.440. The van der Waals surface area contributed by atoms with Crippen LogP contribution in [-0.2, 0) is 20.8 Å². The fraction of sp³-hybridized carbons (Fsp3) is 0.407. The molecule has 1 aliphatic heterocycles. The lowest BCUT2D eigenvalue weighted by Crippen LogP contribution is -2.53. The summed E-state index contributed by atoms with van der Waals surface area (Å²) >= 11 is 0. The van der Waals surface area contributed by atoms with Crippen molar-refractivity contribution in [1.82, 2.24) is 4.90 Å². The van der Waals surface area contributed by atoms with Crippen LogP contribution in [0.2, 0.25) is 0 Å². The summed E-state index contributed by atoms with van der Waals surface area (Å²) in [7, 11) is 0. The second-order valence-corrected chi connectivity index (χ2v) is 9.74. The van der Waals surface area contributed by atoms with Crippen LogP contribution in [0.3, 0.4) is 0 Å². The van der Waals surface area contributed by atoms with Gasteiger partial charge in [-0.1, -0.05) is 61.4 Å². The molecule has 5 rings (SSSR count). The lowest BCUT2D eigenvalue weighted by Gasteiger charge is -2.44. The maximum atomic E-state index is 13.8. The molecule has 0 radical (unpaired) electrons. The summed E-state index contributed by atoms with van der Waals surface area (Å²) in [6.45, 7) is 3.33. The van der Waals surface area contributed by atoms with Gasteiger partial charge in [-0.3, -0.25) is 0 Å². The molecule has 2 saturated carbocycles. The monoisotopic (exact) mass is 461 g/mol. The van der Waals surface area contributed by atoms with Gasteiger partial charge in [0.15, 0.2) is 5.79 Å². The fourth-order valence-electron chi connectivity index (χ4n) is 5.83. The number of nitrogens with one attached hydrogen (secondary N) is 1. The quantitative estimate of drug-likeness (QED) is 0.675. The number of benzene rings is 2. The molecule has 34 heavy (non-hydrogen) atoms. The van der Waals surface area contributed by atoms with Crippen LogP contribution in [0.1, 0.15) is 45.1 Å². The first-order valence-electron chi connectivity index (χ1n) is 11.8. The maximum absolute atomic E-state index is 13.8. The third kappa shape index (κ3) is 3.79. The summed E-state index contributed by atoms with van der Waals surface area (Å²) < 4.78 is 11.0. The molecule has 2 aliphatic carbocycles. The minimum atomic E-state index is -1.34. The summed E-state index contributed by atoms with van der Waals surface area (Å²) in [5.74, 6) is -2.72. The number of anilines is 1. The Morgan fingerprint density at radius 1 is 1.00 bits per heavy atom. The molecule has 3 atom stereocenters. The number of para-hydroxylation sites is 1. The number of carbonyl (C=O) groups is 2. The summed E-state index contributed by atoms with van der Waals surface area (Å²) in [4.78, 5) is 28.8. The Hall–Kier alpha value is -3.48. The molecule has 0 aromatic heterocycles. The Bertz CT molecular complexity index is 1100. The number of esters is 1. The molecule has 7 heteroatoms. The van der Waals surface area contributed by atoms with E-state index in [1.54, 1.807) is 4.90 Å². The molecule has 7 nitrogen and oxygen atoms in total. The topological polar surface area (TPSA) is 90.9 Å². The van der Waals surface area contributed by atoms with Crippen molar-refractivity contribution in [3.63, 3.8) is 0 Å². The number of urea groups is 1. The van der Waals surface area contributed by atoms with E-state index in [0.29, 0.717) is 5.69 Å². The van der Waals surface area contributed by atoms with Crippen LogP contribution in [0.4, 0.5) is 10.5 Å². The van der Waals surface area contributed by atoms with Gasteiger partial charge in [0, 0.05) is 12.2 Å². The predicted octanol–water partition coefficient (Wildman–Crippen LogP) is 4.16. The normalized spacial score (nSPS) is 27.2. The van der Waals surface area contributed by atoms with Crippen molar-refractivity contribution < 1.29 is 24.2 Å². The van der Waals surface area contributed by atoms with Gasteiger partial charge in [-0.2, -0.15) is 0 Å². The van der Waals surface area contributed by atoms with Crippen molar-refractivity contribution in [1.29, 1.82) is 0 Å². The highest BCUT2D eigenvalue weighted by molar-refractivity contribution is 5.97. The van der Waals surface area contributed by atoms with Gasteiger partial charge in [-0.05, 0) is 56.2 Å². The van der Waals surface area contributed by atoms with Crippen molar-refractivity contribution in [2.45, 2.75) is 57.4 Å². The Morgan fingerprint density at radius 3 is 2.18 bits per heavy atom. The number of nitrogens with zero attached hydrogens (tertiary/aromatic N) is 1.